The van der Waals surface area contributed by atoms with Crippen molar-refractivity contribution in [3.8, 4) is 0 Å². The van der Waals surface area contributed by atoms with Gasteiger partial charge in [-0.2, -0.15) is 10.1 Å². The lowest BCUT2D eigenvalue weighted by molar-refractivity contribution is -0.119. The second-order valence-electron chi connectivity index (χ2n) is 6.93. The maximum Gasteiger partial charge on any atom is 0.263 e. The van der Waals surface area contributed by atoms with E-state index in [0.717, 1.165) is 0 Å². The summed E-state index contributed by atoms with van der Waals surface area (Å²) in [5, 5.41) is 10.3. The smallest absolute Gasteiger partial charge is 0.263 e. The molecule has 0 atom stereocenters. The Bertz CT molecular complexity index is 753. The maximum atomic E-state index is 12.1. The predicted octanol–water partition coefficient (Wildman–Crippen LogP) is 1.06. The van der Waals surface area contributed by atoms with Crippen LogP contribution in [0.4, 0.5) is 5.95 Å². The molecule has 0 aromatic carbocycles. The molecule has 0 fully saturated rings. The van der Waals surface area contributed by atoms with E-state index in [1.165, 1.54) is 6.20 Å². The summed E-state index contributed by atoms with van der Waals surface area (Å²) in [6.07, 6.45) is 1.51. The molecule has 2 aromatic rings. The van der Waals surface area contributed by atoms with Gasteiger partial charge in [0.25, 0.3) is 5.56 Å². The highest BCUT2D eigenvalue weighted by Gasteiger charge is 2.19. The largest absolute Gasteiger partial charge is 0.354 e. The van der Waals surface area contributed by atoms with Crippen molar-refractivity contribution in [2.24, 2.45) is 5.92 Å². The molecule has 0 aliphatic heterocycles. The first kappa shape index (κ1) is 17.0. The van der Waals surface area contributed by atoms with Crippen molar-refractivity contribution in [3.05, 3.63) is 16.6 Å². The molecule has 23 heavy (non-hydrogen) atoms. The number of carbonyl (C=O) groups is 1. The van der Waals surface area contributed by atoms with Crippen molar-refractivity contribution in [1.82, 2.24) is 25.1 Å². The van der Waals surface area contributed by atoms with E-state index in [1.54, 1.807) is 4.68 Å². The molecular weight excluding hydrogens is 296 g/mol. The molecule has 8 nitrogen and oxygen atoms in total. The number of nitrogens with one attached hydrogen (secondary N) is 3. The third-order valence-electron chi connectivity index (χ3n) is 3.20. The van der Waals surface area contributed by atoms with Gasteiger partial charge in [0.2, 0.25) is 11.9 Å². The second kappa shape index (κ2) is 6.39. The molecule has 0 aliphatic rings. The van der Waals surface area contributed by atoms with Crippen LogP contribution in [0.2, 0.25) is 0 Å². The van der Waals surface area contributed by atoms with E-state index in [0.29, 0.717) is 23.5 Å². The Labute approximate surface area is 134 Å². The molecule has 8 heteroatoms. The van der Waals surface area contributed by atoms with E-state index in [4.69, 9.17) is 0 Å². The van der Waals surface area contributed by atoms with Gasteiger partial charge in [0.05, 0.1) is 18.3 Å². The molecule has 0 aliphatic carbocycles. The van der Waals surface area contributed by atoms with Crippen LogP contribution in [0.1, 0.15) is 34.6 Å². The summed E-state index contributed by atoms with van der Waals surface area (Å²) in [7, 11) is 0. The minimum absolute atomic E-state index is 0.0465. The number of fused-ring (bicyclic) bond motifs is 1. The van der Waals surface area contributed by atoms with Gasteiger partial charge in [0.15, 0.2) is 5.65 Å². The molecule has 0 saturated heterocycles. The lowest BCUT2D eigenvalue weighted by atomic mass is 10.1. The summed E-state index contributed by atoms with van der Waals surface area (Å²) < 4.78 is 1.70. The van der Waals surface area contributed by atoms with E-state index < -0.39 is 0 Å². The Morgan fingerprint density at radius 2 is 2.09 bits per heavy atom. The number of anilines is 1. The number of aromatic nitrogens is 4. The van der Waals surface area contributed by atoms with Gasteiger partial charge in [0, 0.05) is 6.54 Å². The first-order chi connectivity index (χ1) is 10.7. The minimum atomic E-state index is -0.297. The minimum Gasteiger partial charge on any atom is -0.354 e. The molecule has 0 bridgehead atoms. The fraction of sp³-hybridized carbons (Fsp3) is 0.600. The third-order valence-corrected chi connectivity index (χ3v) is 3.20. The van der Waals surface area contributed by atoms with Gasteiger partial charge in [-0.25, -0.2) is 4.68 Å². The van der Waals surface area contributed by atoms with Crippen molar-refractivity contribution in [3.63, 3.8) is 0 Å². The number of aromatic amines is 1. The van der Waals surface area contributed by atoms with Gasteiger partial charge in [-0.05, 0) is 26.7 Å². The number of hydrogen-bond donors (Lipinski definition) is 3. The van der Waals surface area contributed by atoms with Gasteiger partial charge >= 0.3 is 0 Å². The van der Waals surface area contributed by atoms with Crippen LogP contribution in [0.25, 0.3) is 11.0 Å². The van der Waals surface area contributed by atoms with E-state index in [2.05, 4.69) is 25.7 Å². The van der Waals surface area contributed by atoms with E-state index in [-0.39, 0.29) is 29.5 Å². The number of rotatable bonds is 5. The summed E-state index contributed by atoms with van der Waals surface area (Å²) >= 11 is 0. The van der Waals surface area contributed by atoms with Crippen molar-refractivity contribution >= 4 is 22.9 Å². The van der Waals surface area contributed by atoms with Crippen LogP contribution in [0, 0.1) is 5.92 Å². The summed E-state index contributed by atoms with van der Waals surface area (Å²) in [5.41, 5.74) is -0.0871. The second-order valence-corrected chi connectivity index (χ2v) is 6.93. The Morgan fingerprint density at radius 1 is 1.39 bits per heavy atom. The molecular formula is C15H24N6O2. The van der Waals surface area contributed by atoms with Gasteiger partial charge in [-0.1, -0.05) is 13.8 Å². The summed E-state index contributed by atoms with van der Waals surface area (Å²) in [6.45, 7) is 10.6. The third kappa shape index (κ3) is 4.08. The van der Waals surface area contributed by atoms with Crippen LogP contribution >= 0.6 is 0 Å². The van der Waals surface area contributed by atoms with Crippen LogP contribution in [0.5, 0.6) is 0 Å². The molecule has 0 radical (unpaired) electrons. The fourth-order valence-corrected chi connectivity index (χ4v) is 2.04. The number of H-pyrrole nitrogens is 1. The van der Waals surface area contributed by atoms with Crippen LogP contribution in [-0.4, -0.2) is 38.7 Å². The number of nitrogens with zero attached hydrogens (tertiary/aromatic N) is 3. The molecule has 2 heterocycles. The first-order valence-electron chi connectivity index (χ1n) is 7.67. The summed E-state index contributed by atoms with van der Waals surface area (Å²) in [5.74, 6) is 0.494. The zero-order chi connectivity index (χ0) is 17.2. The normalized spacial score (nSPS) is 11.9. The van der Waals surface area contributed by atoms with Crippen LogP contribution < -0.4 is 16.2 Å². The topological polar surface area (TPSA) is 105 Å². The lowest BCUT2D eigenvalue weighted by Crippen LogP contribution is -2.33. The highest BCUT2D eigenvalue weighted by Crippen LogP contribution is 2.18. The Balaban J connectivity index is 2.19. The van der Waals surface area contributed by atoms with Crippen LogP contribution in [0.3, 0.4) is 0 Å². The molecule has 0 saturated carbocycles. The maximum absolute atomic E-state index is 12.1. The van der Waals surface area contributed by atoms with E-state index in [9.17, 15) is 9.59 Å². The van der Waals surface area contributed by atoms with Crippen LogP contribution in [0.15, 0.2) is 11.0 Å². The van der Waals surface area contributed by atoms with Crippen molar-refractivity contribution in [1.29, 1.82) is 0 Å². The highest BCUT2D eigenvalue weighted by molar-refractivity contribution is 5.80. The molecule has 0 spiro atoms. The Morgan fingerprint density at radius 3 is 2.70 bits per heavy atom. The molecule has 1 amide bonds. The Kier molecular flexibility index (Phi) is 4.72. The number of amides is 1. The van der Waals surface area contributed by atoms with Crippen LogP contribution in [-0.2, 0) is 10.3 Å². The molecule has 0 unspecified atom stereocenters. The fourth-order valence-electron chi connectivity index (χ4n) is 2.04. The molecule has 3 N–H and O–H groups in total. The summed E-state index contributed by atoms with van der Waals surface area (Å²) in [6, 6.07) is 0. The van der Waals surface area contributed by atoms with E-state index in [1.807, 2.05) is 34.6 Å². The van der Waals surface area contributed by atoms with Gasteiger partial charge in [-0.3, -0.25) is 14.6 Å². The Hall–Kier alpha value is -2.38. The monoisotopic (exact) mass is 320 g/mol. The zero-order valence-corrected chi connectivity index (χ0v) is 14.2. The molecule has 2 aromatic heterocycles. The number of hydrogen-bond acceptors (Lipinski definition) is 5. The van der Waals surface area contributed by atoms with Crippen molar-refractivity contribution in [2.45, 2.75) is 40.2 Å². The first-order valence-corrected chi connectivity index (χ1v) is 7.67. The van der Waals surface area contributed by atoms with Crippen molar-refractivity contribution in [2.75, 3.05) is 18.4 Å². The standard InChI is InChI=1S/C15H24N6O2/c1-9(2)6-16-11(22)8-17-14-19-12-10(13(23)20-14)7-18-21(12)15(3,4)5/h7,9H,6,8H2,1-5H3,(H,16,22)(H2,17,19,20,23). The average Bonchev–Trinajstić information content (AvgIpc) is 2.87. The highest BCUT2D eigenvalue weighted by atomic mass is 16.2. The lowest BCUT2D eigenvalue weighted by Gasteiger charge is -2.19. The molecule has 126 valence electrons. The predicted molar refractivity (Wildman–Crippen MR) is 89.5 cm³/mol. The summed E-state index contributed by atoms with van der Waals surface area (Å²) in [4.78, 5) is 30.9. The zero-order valence-electron chi connectivity index (χ0n) is 14.2. The quantitative estimate of drug-likeness (QED) is 0.764. The van der Waals surface area contributed by atoms with Gasteiger partial charge in [-0.15, -0.1) is 0 Å². The average molecular weight is 320 g/mol. The SMILES string of the molecule is CC(C)CNC(=O)CNc1nc2c(cnn2C(C)(C)C)c(=O)[nH]1. The van der Waals surface area contributed by atoms with E-state index >= 15 is 0 Å². The van der Waals surface area contributed by atoms with Gasteiger partial charge in [0.1, 0.15) is 5.39 Å². The molecule has 2 rings (SSSR count). The van der Waals surface area contributed by atoms with Gasteiger partial charge < -0.3 is 10.6 Å². The van der Waals surface area contributed by atoms with Crippen molar-refractivity contribution < 1.29 is 4.79 Å². The number of carbonyl (C=O) groups excluding carboxylic acids is 1.